The van der Waals surface area contributed by atoms with E-state index in [4.69, 9.17) is 4.74 Å². The number of rotatable bonds is 4. The molecule has 1 aromatic rings. The maximum atomic E-state index is 12.9. The summed E-state index contributed by atoms with van der Waals surface area (Å²) in [6, 6.07) is 4.66. The predicted octanol–water partition coefficient (Wildman–Crippen LogP) is 3.55. The molecule has 1 rings (SSSR count). The molecule has 1 aromatic carbocycles. The highest BCUT2D eigenvalue weighted by molar-refractivity contribution is 9.10. The molecule has 0 aliphatic heterocycles. The highest BCUT2D eigenvalue weighted by Gasteiger charge is 1.99. The van der Waals surface area contributed by atoms with E-state index >= 15 is 0 Å². The standard InChI is InChI=1S/C12H12BrFO2/c1-2-16-12(15)5-3-4-9-6-7-11(14)10(13)8-9/h3-4,6-8H,2,5H2,1H3. The summed E-state index contributed by atoms with van der Waals surface area (Å²) in [5.74, 6) is -0.567. The topological polar surface area (TPSA) is 26.3 Å². The van der Waals surface area contributed by atoms with Crippen molar-refractivity contribution in [2.75, 3.05) is 6.61 Å². The first kappa shape index (κ1) is 12.9. The van der Waals surface area contributed by atoms with E-state index in [0.717, 1.165) is 5.56 Å². The summed E-state index contributed by atoms with van der Waals surface area (Å²) in [7, 11) is 0. The lowest BCUT2D eigenvalue weighted by atomic mass is 10.2. The molecule has 0 fully saturated rings. The van der Waals surface area contributed by atoms with Gasteiger partial charge in [0.1, 0.15) is 5.82 Å². The SMILES string of the molecule is CCOC(=O)CC=Cc1ccc(F)c(Br)c1. The summed E-state index contributed by atoms with van der Waals surface area (Å²) in [6.07, 6.45) is 3.67. The lowest BCUT2D eigenvalue weighted by Crippen LogP contribution is -2.01. The van der Waals surface area contributed by atoms with Crippen LogP contribution in [0.15, 0.2) is 28.7 Å². The Morgan fingerprint density at radius 3 is 2.94 bits per heavy atom. The molecule has 0 saturated carbocycles. The van der Waals surface area contributed by atoms with E-state index < -0.39 is 0 Å². The first-order valence-electron chi connectivity index (χ1n) is 4.90. The third kappa shape index (κ3) is 4.14. The van der Waals surface area contributed by atoms with Crippen LogP contribution in [0.3, 0.4) is 0 Å². The summed E-state index contributed by atoms with van der Waals surface area (Å²) in [6.45, 7) is 2.15. The van der Waals surface area contributed by atoms with E-state index in [-0.39, 0.29) is 18.2 Å². The van der Waals surface area contributed by atoms with E-state index in [1.807, 2.05) is 0 Å². The van der Waals surface area contributed by atoms with Gasteiger partial charge in [-0.2, -0.15) is 0 Å². The Bertz CT molecular complexity index is 402. The van der Waals surface area contributed by atoms with Crippen LogP contribution in [0, 0.1) is 5.82 Å². The van der Waals surface area contributed by atoms with Crippen molar-refractivity contribution < 1.29 is 13.9 Å². The van der Waals surface area contributed by atoms with Gasteiger partial charge in [-0.1, -0.05) is 18.2 Å². The molecule has 0 bridgehead atoms. The van der Waals surface area contributed by atoms with Crippen LogP contribution in [0.25, 0.3) is 6.08 Å². The number of hydrogen-bond acceptors (Lipinski definition) is 2. The van der Waals surface area contributed by atoms with Crippen LogP contribution in [-0.2, 0) is 9.53 Å². The Labute approximate surface area is 102 Å². The van der Waals surface area contributed by atoms with Crippen molar-refractivity contribution in [3.8, 4) is 0 Å². The molecule has 16 heavy (non-hydrogen) atoms. The molecule has 0 atom stereocenters. The van der Waals surface area contributed by atoms with Crippen LogP contribution in [0.1, 0.15) is 18.9 Å². The van der Waals surface area contributed by atoms with Crippen LogP contribution >= 0.6 is 15.9 Å². The van der Waals surface area contributed by atoms with Gasteiger partial charge in [-0.3, -0.25) is 4.79 Å². The van der Waals surface area contributed by atoms with E-state index in [2.05, 4.69) is 15.9 Å². The molecule has 0 radical (unpaired) electrons. The van der Waals surface area contributed by atoms with Crippen molar-refractivity contribution in [2.45, 2.75) is 13.3 Å². The third-order valence-corrected chi connectivity index (χ3v) is 2.45. The van der Waals surface area contributed by atoms with Crippen molar-refractivity contribution in [1.82, 2.24) is 0 Å². The van der Waals surface area contributed by atoms with E-state index in [9.17, 15) is 9.18 Å². The Morgan fingerprint density at radius 1 is 1.56 bits per heavy atom. The Balaban J connectivity index is 2.56. The van der Waals surface area contributed by atoms with Gasteiger partial charge < -0.3 is 4.74 Å². The van der Waals surface area contributed by atoms with Gasteiger partial charge in [0.05, 0.1) is 17.5 Å². The van der Waals surface area contributed by atoms with Gasteiger partial charge in [-0.15, -0.1) is 0 Å². The normalized spacial score (nSPS) is 10.7. The fraction of sp³-hybridized carbons (Fsp3) is 0.250. The summed E-state index contributed by atoms with van der Waals surface area (Å²) in [5, 5.41) is 0. The average molecular weight is 287 g/mol. The summed E-state index contributed by atoms with van der Waals surface area (Å²) >= 11 is 3.09. The summed E-state index contributed by atoms with van der Waals surface area (Å²) in [5.41, 5.74) is 0.831. The molecule has 2 nitrogen and oxygen atoms in total. The molecule has 0 amide bonds. The number of ether oxygens (including phenoxy) is 1. The molecule has 86 valence electrons. The number of benzene rings is 1. The monoisotopic (exact) mass is 286 g/mol. The van der Waals surface area contributed by atoms with Gasteiger partial charge in [0.15, 0.2) is 0 Å². The lowest BCUT2D eigenvalue weighted by Gasteiger charge is -1.98. The summed E-state index contributed by atoms with van der Waals surface area (Å²) < 4.78 is 18.1. The van der Waals surface area contributed by atoms with Crippen LogP contribution in [-0.4, -0.2) is 12.6 Å². The quantitative estimate of drug-likeness (QED) is 0.791. The zero-order chi connectivity index (χ0) is 12.0. The van der Waals surface area contributed by atoms with Crippen molar-refractivity contribution in [1.29, 1.82) is 0 Å². The van der Waals surface area contributed by atoms with Gasteiger partial charge in [0, 0.05) is 0 Å². The second-order valence-electron chi connectivity index (χ2n) is 3.09. The second kappa shape index (κ2) is 6.43. The minimum Gasteiger partial charge on any atom is -0.466 e. The highest BCUT2D eigenvalue weighted by Crippen LogP contribution is 2.17. The largest absolute Gasteiger partial charge is 0.466 e. The fourth-order valence-corrected chi connectivity index (χ4v) is 1.52. The number of carbonyl (C=O) groups excluding carboxylic acids is 1. The Hall–Kier alpha value is -1.16. The smallest absolute Gasteiger partial charge is 0.309 e. The molecule has 0 unspecified atom stereocenters. The summed E-state index contributed by atoms with van der Waals surface area (Å²) in [4.78, 5) is 11.0. The van der Waals surface area contributed by atoms with Crippen LogP contribution < -0.4 is 0 Å². The maximum absolute atomic E-state index is 12.9. The lowest BCUT2D eigenvalue weighted by molar-refractivity contribution is -0.142. The maximum Gasteiger partial charge on any atom is 0.309 e. The minimum atomic E-state index is -0.303. The molecule has 4 heteroatoms. The highest BCUT2D eigenvalue weighted by atomic mass is 79.9. The van der Waals surface area contributed by atoms with Crippen LogP contribution in [0.4, 0.5) is 4.39 Å². The molecule has 0 aliphatic carbocycles. The van der Waals surface area contributed by atoms with E-state index in [1.54, 1.807) is 31.2 Å². The Kier molecular flexibility index (Phi) is 5.19. The molecule has 0 aliphatic rings. The molecule has 0 spiro atoms. The van der Waals surface area contributed by atoms with Gasteiger partial charge in [-0.05, 0) is 40.5 Å². The number of halogens is 2. The average Bonchev–Trinajstić information content (AvgIpc) is 2.24. The van der Waals surface area contributed by atoms with Gasteiger partial charge in [0.2, 0.25) is 0 Å². The zero-order valence-electron chi connectivity index (χ0n) is 8.87. The minimum absolute atomic E-state index is 0.225. The molecular formula is C12H12BrFO2. The van der Waals surface area contributed by atoms with Gasteiger partial charge in [0.25, 0.3) is 0 Å². The predicted molar refractivity (Wildman–Crippen MR) is 64.4 cm³/mol. The van der Waals surface area contributed by atoms with E-state index in [0.29, 0.717) is 11.1 Å². The van der Waals surface area contributed by atoms with Crippen molar-refractivity contribution in [3.63, 3.8) is 0 Å². The van der Waals surface area contributed by atoms with Crippen molar-refractivity contribution in [2.24, 2.45) is 0 Å². The second-order valence-corrected chi connectivity index (χ2v) is 3.94. The Morgan fingerprint density at radius 2 is 2.31 bits per heavy atom. The number of hydrogen-bond donors (Lipinski definition) is 0. The fourth-order valence-electron chi connectivity index (χ4n) is 1.13. The van der Waals surface area contributed by atoms with Crippen molar-refractivity contribution in [3.05, 3.63) is 40.1 Å². The molecular weight excluding hydrogens is 275 g/mol. The number of esters is 1. The van der Waals surface area contributed by atoms with E-state index in [1.165, 1.54) is 6.07 Å². The first-order valence-corrected chi connectivity index (χ1v) is 5.70. The van der Waals surface area contributed by atoms with Crippen LogP contribution in [0.2, 0.25) is 0 Å². The number of carbonyl (C=O) groups is 1. The zero-order valence-corrected chi connectivity index (χ0v) is 10.5. The van der Waals surface area contributed by atoms with Crippen molar-refractivity contribution >= 4 is 28.0 Å². The molecule has 0 aromatic heterocycles. The first-order chi connectivity index (χ1) is 7.63. The van der Waals surface area contributed by atoms with Gasteiger partial charge in [-0.25, -0.2) is 4.39 Å². The van der Waals surface area contributed by atoms with Crippen LogP contribution in [0.5, 0.6) is 0 Å². The molecule has 0 heterocycles. The molecule has 0 N–H and O–H groups in total. The van der Waals surface area contributed by atoms with Gasteiger partial charge >= 0.3 is 5.97 Å². The third-order valence-electron chi connectivity index (χ3n) is 1.84. The molecule has 0 saturated heterocycles.